The topological polar surface area (TPSA) is 38.3 Å². The van der Waals surface area contributed by atoms with Crippen molar-refractivity contribution in [1.82, 2.24) is 5.32 Å². The summed E-state index contributed by atoms with van der Waals surface area (Å²) in [5.74, 6) is -0.178. The molecule has 0 spiro atoms. The average Bonchev–Trinajstić information content (AvgIpc) is 2.17. The van der Waals surface area contributed by atoms with Crippen molar-refractivity contribution in [1.29, 1.82) is 0 Å². The van der Waals surface area contributed by atoms with Crippen molar-refractivity contribution < 1.29 is 9.53 Å². The summed E-state index contributed by atoms with van der Waals surface area (Å²) in [4.78, 5) is 11.4. The van der Waals surface area contributed by atoms with Crippen LogP contribution in [0.5, 0.6) is 0 Å². The van der Waals surface area contributed by atoms with Gasteiger partial charge >= 0.3 is 5.97 Å². The van der Waals surface area contributed by atoms with Crippen molar-refractivity contribution in [2.45, 2.75) is 43.4 Å². The van der Waals surface area contributed by atoms with Crippen molar-refractivity contribution in [3.63, 3.8) is 0 Å². The standard InChI is InChI=1S/C9H17NO2S/c1-8(2)6(7(11)12-5)10-9(3,4)13-8/h6,10H,1-5H3/t6-/m0/s1. The van der Waals surface area contributed by atoms with Crippen LogP contribution < -0.4 is 5.32 Å². The molecule has 76 valence electrons. The first-order valence-electron chi connectivity index (χ1n) is 4.34. The lowest BCUT2D eigenvalue weighted by Crippen LogP contribution is -2.47. The number of carbonyl (C=O) groups is 1. The summed E-state index contributed by atoms with van der Waals surface area (Å²) in [6.45, 7) is 8.26. The monoisotopic (exact) mass is 203 g/mol. The number of carbonyl (C=O) groups excluding carboxylic acids is 1. The van der Waals surface area contributed by atoms with Gasteiger partial charge in [-0.05, 0) is 27.7 Å². The van der Waals surface area contributed by atoms with Gasteiger partial charge in [-0.15, -0.1) is 11.8 Å². The molecule has 0 amide bonds. The number of nitrogens with one attached hydrogen (secondary N) is 1. The minimum absolute atomic E-state index is 0.0532. The molecule has 1 aliphatic rings. The van der Waals surface area contributed by atoms with Crippen molar-refractivity contribution in [3.8, 4) is 0 Å². The number of hydrogen-bond acceptors (Lipinski definition) is 4. The Kier molecular flexibility index (Phi) is 2.65. The molecule has 1 fully saturated rings. The van der Waals surface area contributed by atoms with Crippen LogP contribution in [0.3, 0.4) is 0 Å². The summed E-state index contributed by atoms with van der Waals surface area (Å²) in [5.41, 5.74) is 0. The molecule has 4 heteroatoms. The van der Waals surface area contributed by atoms with Gasteiger partial charge in [-0.3, -0.25) is 10.1 Å². The smallest absolute Gasteiger partial charge is 0.324 e. The Bertz CT molecular complexity index is 226. The van der Waals surface area contributed by atoms with E-state index in [1.165, 1.54) is 7.11 Å². The summed E-state index contributed by atoms with van der Waals surface area (Å²) in [6.07, 6.45) is 0. The lowest BCUT2D eigenvalue weighted by atomic mass is 10.0. The Morgan fingerprint density at radius 2 is 1.92 bits per heavy atom. The van der Waals surface area contributed by atoms with Gasteiger partial charge in [0.25, 0.3) is 0 Å². The van der Waals surface area contributed by atoms with Crippen molar-refractivity contribution in [2.75, 3.05) is 7.11 Å². The zero-order chi connectivity index (χ0) is 10.3. The molecule has 1 N–H and O–H groups in total. The van der Waals surface area contributed by atoms with E-state index in [1.54, 1.807) is 11.8 Å². The number of methoxy groups -OCH3 is 1. The van der Waals surface area contributed by atoms with Gasteiger partial charge in [-0.1, -0.05) is 0 Å². The molecule has 1 atom stereocenters. The van der Waals surface area contributed by atoms with Gasteiger partial charge in [0, 0.05) is 4.75 Å². The zero-order valence-corrected chi connectivity index (χ0v) is 9.62. The quantitative estimate of drug-likeness (QED) is 0.653. The second-order valence-electron chi connectivity index (χ2n) is 4.32. The molecule has 0 bridgehead atoms. The van der Waals surface area contributed by atoms with E-state index >= 15 is 0 Å². The molecule has 1 aliphatic heterocycles. The van der Waals surface area contributed by atoms with E-state index in [9.17, 15) is 4.79 Å². The highest BCUT2D eigenvalue weighted by Crippen LogP contribution is 2.44. The Balaban J connectivity index is 2.82. The van der Waals surface area contributed by atoms with Crippen LogP contribution in [0.2, 0.25) is 0 Å². The van der Waals surface area contributed by atoms with E-state index in [0.717, 1.165) is 0 Å². The van der Waals surface area contributed by atoms with Gasteiger partial charge in [0.2, 0.25) is 0 Å². The van der Waals surface area contributed by atoms with Crippen LogP contribution in [0.25, 0.3) is 0 Å². The largest absolute Gasteiger partial charge is 0.468 e. The van der Waals surface area contributed by atoms with Crippen LogP contribution >= 0.6 is 11.8 Å². The fourth-order valence-corrected chi connectivity index (χ4v) is 3.49. The van der Waals surface area contributed by atoms with Crippen LogP contribution in [-0.2, 0) is 9.53 Å². The third-order valence-corrected chi connectivity index (χ3v) is 3.53. The SMILES string of the molecule is COC(=O)[C@@H]1NC(C)(C)SC1(C)C. The highest BCUT2D eigenvalue weighted by Gasteiger charge is 2.49. The number of esters is 1. The van der Waals surface area contributed by atoms with E-state index < -0.39 is 0 Å². The van der Waals surface area contributed by atoms with Crippen LogP contribution in [0.15, 0.2) is 0 Å². The van der Waals surface area contributed by atoms with Gasteiger partial charge < -0.3 is 4.74 Å². The fourth-order valence-electron chi connectivity index (χ4n) is 1.73. The molecule has 1 rings (SSSR count). The molecular weight excluding hydrogens is 186 g/mol. The van der Waals surface area contributed by atoms with Crippen molar-refractivity contribution in [2.24, 2.45) is 0 Å². The predicted octanol–water partition coefficient (Wildman–Crippen LogP) is 1.38. The average molecular weight is 203 g/mol. The highest BCUT2D eigenvalue weighted by molar-refractivity contribution is 8.02. The van der Waals surface area contributed by atoms with Crippen LogP contribution in [0.4, 0.5) is 0 Å². The minimum atomic E-state index is -0.211. The number of hydrogen-bond donors (Lipinski definition) is 1. The molecular formula is C9H17NO2S. The van der Waals surface area contributed by atoms with Gasteiger partial charge in [-0.25, -0.2) is 0 Å². The third-order valence-electron chi connectivity index (χ3n) is 2.14. The van der Waals surface area contributed by atoms with E-state index in [1.807, 2.05) is 0 Å². The molecule has 1 saturated heterocycles. The summed E-state index contributed by atoms with van der Waals surface area (Å²) in [7, 11) is 1.43. The zero-order valence-electron chi connectivity index (χ0n) is 8.80. The van der Waals surface area contributed by atoms with E-state index in [0.29, 0.717) is 0 Å². The summed E-state index contributed by atoms with van der Waals surface area (Å²) in [6, 6.07) is -0.211. The van der Waals surface area contributed by atoms with Gasteiger partial charge in [-0.2, -0.15) is 0 Å². The Morgan fingerprint density at radius 1 is 1.38 bits per heavy atom. The second-order valence-corrected chi connectivity index (χ2v) is 6.59. The second kappa shape index (κ2) is 3.17. The molecule has 0 unspecified atom stereocenters. The molecule has 0 aromatic carbocycles. The first-order valence-corrected chi connectivity index (χ1v) is 5.16. The molecule has 0 radical (unpaired) electrons. The first kappa shape index (κ1) is 10.9. The molecule has 0 aromatic heterocycles. The minimum Gasteiger partial charge on any atom is -0.468 e. The Hall–Kier alpha value is -0.220. The first-order chi connectivity index (χ1) is 5.78. The van der Waals surface area contributed by atoms with E-state index in [-0.39, 0.29) is 21.6 Å². The number of ether oxygens (including phenoxy) is 1. The maximum Gasteiger partial charge on any atom is 0.324 e. The normalized spacial score (nSPS) is 30.1. The number of rotatable bonds is 1. The molecule has 13 heavy (non-hydrogen) atoms. The van der Waals surface area contributed by atoms with Gasteiger partial charge in [0.1, 0.15) is 6.04 Å². The molecule has 1 heterocycles. The fraction of sp³-hybridized carbons (Fsp3) is 0.889. The number of thioether (sulfide) groups is 1. The lowest BCUT2D eigenvalue weighted by Gasteiger charge is -2.22. The highest BCUT2D eigenvalue weighted by atomic mass is 32.2. The van der Waals surface area contributed by atoms with Gasteiger partial charge in [0.05, 0.1) is 12.0 Å². The molecule has 0 saturated carbocycles. The maximum absolute atomic E-state index is 11.4. The summed E-state index contributed by atoms with van der Waals surface area (Å²) in [5, 5.41) is 3.26. The van der Waals surface area contributed by atoms with Crippen LogP contribution in [0, 0.1) is 0 Å². The predicted molar refractivity (Wildman–Crippen MR) is 54.7 cm³/mol. The molecule has 0 aliphatic carbocycles. The molecule has 0 aromatic rings. The van der Waals surface area contributed by atoms with Crippen LogP contribution in [-0.4, -0.2) is 28.7 Å². The van der Waals surface area contributed by atoms with Gasteiger partial charge in [0.15, 0.2) is 0 Å². The van der Waals surface area contributed by atoms with Crippen molar-refractivity contribution in [3.05, 3.63) is 0 Å². The summed E-state index contributed by atoms with van der Waals surface area (Å²) < 4.78 is 4.65. The van der Waals surface area contributed by atoms with E-state index in [4.69, 9.17) is 4.74 Å². The Morgan fingerprint density at radius 3 is 2.23 bits per heavy atom. The third kappa shape index (κ3) is 2.17. The maximum atomic E-state index is 11.4. The Labute approximate surface area is 83.6 Å². The van der Waals surface area contributed by atoms with Crippen LogP contribution in [0.1, 0.15) is 27.7 Å². The molecule has 3 nitrogen and oxygen atoms in total. The van der Waals surface area contributed by atoms with Crippen molar-refractivity contribution >= 4 is 17.7 Å². The summed E-state index contributed by atoms with van der Waals surface area (Å²) >= 11 is 1.76. The lowest BCUT2D eigenvalue weighted by molar-refractivity contribution is -0.143. The van der Waals surface area contributed by atoms with E-state index in [2.05, 4.69) is 33.0 Å².